The SMILES string of the molecule is COc1ccc2ncc(Cl)c([C@@H](F)CCC3(C(=O)O)CCN(CCCc4ccsc4)CC3)c2c1. The topological polar surface area (TPSA) is 62.7 Å². The Labute approximate surface area is 208 Å². The summed E-state index contributed by atoms with van der Waals surface area (Å²) in [6.45, 7) is 2.41. The van der Waals surface area contributed by atoms with Crippen molar-refractivity contribution in [1.29, 1.82) is 0 Å². The van der Waals surface area contributed by atoms with Gasteiger partial charge in [-0.05, 0) is 98.7 Å². The molecule has 5 nitrogen and oxygen atoms in total. The molecule has 1 aliphatic heterocycles. The van der Waals surface area contributed by atoms with Crippen LogP contribution in [0.4, 0.5) is 4.39 Å². The van der Waals surface area contributed by atoms with Crippen LogP contribution in [0.5, 0.6) is 5.75 Å². The van der Waals surface area contributed by atoms with Crippen LogP contribution in [0.2, 0.25) is 5.02 Å². The molecule has 0 bridgehead atoms. The molecule has 0 aliphatic carbocycles. The Balaban J connectivity index is 1.39. The first-order valence-electron chi connectivity index (χ1n) is 11.6. The van der Waals surface area contributed by atoms with E-state index in [4.69, 9.17) is 16.3 Å². The number of methoxy groups -OCH3 is 1. The maximum Gasteiger partial charge on any atom is 0.309 e. The van der Waals surface area contributed by atoms with E-state index in [0.29, 0.717) is 35.1 Å². The largest absolute Gasteiger partial charge is 0.497 e. The number of carboxylic acid groups (broad SMARTS) is 1. The molecule has 2 aromatic heterocycles. The highest BCUT2D eigenvalue weighted by Gasteiger charge is 2.41. The summed E-state index contributed by atoms with van der Waals surface area (Å²) < 4.78 is 20.9. The van der Waals surface area contributed by atoms with Crippen molar-refractivity contribution in [3.05, 3.63) is 57.4 Å². The van der Waals surface area contributed by atoms with E-state index in [9.17, 15) is 9.90 Å². The number of aliphatic carboxylic acids is 1. The standard InChI is InChI=1S/C26H30ClFN2O3S/c1-33-19-4-5-23-20(15-19)24(21(27)16-29-23)22(28)6-8-26(25(31)32)9-12-30(13-10-26)11-2-3-18-7-14-34-17-18/h4-5,7,14-17,22H,2-3,6,8-13H2,1H3,(H,31,32)/t22-/m0/s1. The van der Waals surface area contributed by atoms with Crippen molar-refractivity contribution in [3.63, 3.8) is 0 Å². The highest BCUT2D eigenvalue weighted by molar-refractivity contribution is 7.07. The molecule has 182 valence electrons. The van der Waals surface area contributed by atoms with Gasteiger partial charge in [0.25, 0.3) is 0 Å². The van der Waals surface area contributed by atoms with Crippen molar-refractivity contribution in [3.8, 4) is 5.75 Å². The van der Waals surface area contributed by atoms with E-state index >= 15 is 4.39 Å². The summed E-state index contributed by atoms with van der Waals surface area (Å²) in [6, 6.07) is 7.43. The van der Waals surface area contributed by atoms with Gasteiger partial charge in [0, 0.05) is 17.1 Å². The second-order valence-electron chi connectivity index (χ2n) is 9.07. The van der Waals surface area contributed by atoms with Gasteiger partial charge >= 0.3 is 5.97 Å². The molecule has 0 amide bonds. The molecule has 1 atom stereocenters. The Bertz CT molecular complexity index is 1120. The van der Waals surface area contributed by atoms with Crippen molar-refractivity contribution in [1.82, 2.24) is 9.88 Å². The lowest BCUT2D eigenvalue weighted by molar-refractivity contribution is -0.153. The number of hydrogen-bond donors (Lipinski definition) is 1. The zero-order chi connectivity index (χ0) is 24.1. The molecule has 1 aromatic carbocycles. The van der Waals surface area contributed by atoms with E-state index in [1.54, 1.807) is 36.6 Å². The van der Waals surface area contributed by atoms with Gasteiger partial charge in [-0.2, -0.15) is 11.3 Å². The second kappa shape index (κ2) is 11.0. The molecule has 0 spiro atoms. The number of carboxylic acids is 1. The number of benzene rings is 1. The average Bonchev–Trinajstić information content (AvgIpc) is 3.36. The Hall–Kier alpha value is -2.22. The number of carbonyl (C=O) groups is 1. The average molecular weight is 505 g/mol. The number of thiophene rings is 1. The molecule has 34 heavy (non-hydrogen) atoms. The van der Waals surface area contributed by atoms with E-state index < -0.39 is 17.6 Å². The number of hydrogen-bond acceptors (Lipinski definition) is 5. The molecule has 3 aromatic rings. The molecule has 3 heterocycles. The van der Waals surface area contributed by atoms with Crippen LogP contribution in [0, 0.1) is 5.41 Å². The predicted octanol–water partition coefficient (Wildman–Crippen LogP) is 6.55. The van der Waals surface area contributed by atoms with Crippen LogP contribution in [0.15, 0.2) is 41.2 Å². The fraction of sp³-hybridized carbons (Fsp3) is 0.462. The molecule has 8 heteroatoms. The number of nitrogens with zero attached hydrogens (tertiary/aromatic N) is 2. The van der Waals surface area contributed by atoms with Gasteiger partial charge in [-0.25, -0.2) is 4.39 Å². The van der Waals surface area contributed by atoms with E-state index in [-0.39, 0.29) is 17.9 Å². The first kappa shape index (κ1) is 24.9. The summed E-state index contributed by atoms with van der Waals surface area (Å²) in [4.78, 5) is 18.9. The molecule has 0 saturated carbocycles. The Morgan fingerprint density at radius 2 is 2.15 bits per heavy atom. The van der Waals surface area contributed by atoms with Crippen molar-refractivity contribution < 1.29 is 19.0 Å². The van der Waals surface area contributed by atoms with Crippen LogP contribution < -0.4 is 4.74 Å². The lowest BCUT2D eigenvalue weighted by Gasteiger charge is -2.39. The van der Waals surface area contributed by atoms with Crippen molar-refractivity contribution in [2.24, 2.45) is 5.41 Å². The molecule has 0 unspecified atom stereocenters. The van der Waals surface area contributed by atoms with Crippen LogP contribution >= 0.6 is 22.9 Å². The number of piperidine rings is 1. The first-order chi connectivity index (χ1) is 16.4. The number of pyridine rings is 1. The molecule has 1 fully saturated rings. The van der Waals surface area contributed by atoms with Gasteiger partial charge < -0.3 is 14.7 Å². The summed E-state index contributed by atoms with van der Waals surface area (Å²) in [6.07, 6.45) is 3.61. The minimum absolute atomic E-state index is 0.0977. The maximum absolute atomic E-state index is 15.6. The first-order valence-corrected chi connectivity index (χ1v) is 13.0. The highest BCUT2D eigenvalue weighted by Crippen LogP contribution is 2.42. The second-order valence-corrected chi connectivity index (χ2v) is 10.3. The summed E-state index contributed by atoms with van der Waals surface area (Å²) in [5, 5.41) is 15.2. The molecule has 1 saturated heterocycles. The molecular weight excluding hydrogens is 475 g/mol. The quantitative estimate of drug-likeness (QED) is 0.339. The number of fused-ring (bicyclic) bond motifs is 1. The summed E-state index contributed by atoms with van der Waals surface area (Å²) >= 11 is 8.06. The number of ether oxygens (including phenoxy) is 1. The van der Waals surface area contributed by atoms with Gasteiger partial charge in [0.15, 0.2) is 0 Å². The fourth-order valence-electron chi connectivity index (χ4n) is 4.88. The van der Waals surface area contributed by atoms with Crippen molar-refractivity contribution >= 4 is 39.8 Å². The number of aromatic nitrogens is 1. The number of aryl methyl sites for hydroxylation is 1. The third kappa shape index (κ3) is 5.53. The van der Waals surface area contributed by atoms with Gasteiger partial charge in [0.2, 0.25) is 0 Å². The lowest BCUT2D eigenvalue weighted by Crippen LogP contribution is -2.44. The molecule has 1 aliphatic rings. The van der Waals surface area contributed by atoms with Crippen LogP contribution in [0.25, 0.3) is 10.9 Å². The fourth-order valence-corrected chi connectivity index (χ4v) is 5.85. The Morgan fingerprint density at radius 3 is 2.82 bits per heavy atom. The summed E-state index contributed by atoms with van der Waals surface area (Å²) in [5.74, 6) is -0.233. The summed E-state index contributed by atoms with van der Waals surface area (Å²) in [7, 11) is 1.55. The zero-order valence-electron chi connectivity index (χ0n) is 19.3. The van der Waals surface area contributed by atoms with E-state index in [2.05, 4.69) is 26.7 Å². The predicted molar refractivity (Wildman–Crippen MR) is 135 cm³/mol. The van der Waals surface area contributed by atoms with Crippen LogP contribution in [0.3, 0.4) is 0 Å². The Morgan fingerprint density at radius 1 is 1.35 bits per heavy atom. The van der Waals surface area contributed by atoms with Gasteiger partial charge in [0.05, 0.1) is 23.1 Å². The number of rotatable bonds is 10. The lowest BCUT2D eigenvalue weighted by atomic mass is 9.74. The summed E-state index contributed by atoms with van der Waals surface area (Å²) in [5.41, 5.74) is 1.45. The van der Waals surface area contributed by atoms with Gasteiger partial charge in [-0.1, -0.05) is 11.6 Å². The van der Waals surface area contributed by atoms with Crippen molar-refractivity contribution in [2.45, 2.75) is 44.7 Å². The smallest absolute Gasteiger partial charge is 0.309 e. The van der Waals surface area contributed by atoms with Gasteiger partial charge in [-0.15, -0.1) is 0 Å². The van der Waals surface area contributed by atoms with Crippen LogP contribution in [0.1, 0.15) is 49.4 Å². The highest BCUT2D eigenvalue weighted by atomic mass is 35.5. The third-order valence-electron chi connectivity index (χ3n) is 7.04. The molecule has 0 radical (unpaired) electrons. The molecular formula is C26H30ClFN2O3S. The monoisotopic (exact) mass is 504 g/mol. The van der Waals surface area contributed by atoms with E-state index in [0.717, 1.165) is 32.5 Å². The molecule has 1 N–H and O–H groups in total. The van der Waals surface area contributed by atoms with Crippen molar-refractivity contribution in [2.75, 3.05) is 26.7 Å². The third-order valence-corrected chi connectivity index (χ3v) is 8.08. The number of likely N-dealkylation sites (tertiary alicyclic amines) is 1. The maximum atomic E-state index is 15.6. The van der Waals surface area contributed by atoms with E-state index in [1.807, 2.05) is 0 Å². The number of alkyl halides is 1. The van der Waals surface area contributed by atoms with Gasteiger partial charge in [-0.3, -0.25) is 9.78 Å². The molecule has 4 rings (SSSR count). The van der Waals surface area contributed by atoms with E-state index in [1.165, 1.54) is 11.8 Å². The minimum Gasteiger partial charge on any atom is -0.497 e. The van der Waals surface area contributed by atoms with Crippen LogP contribution in [-0.4, -0.2) is 47.7 Å². The van der Waals surface area contributed by atoms with Crippen LogP contribution in [-0.2, 0) is 11.2 Å². The normalized spacial score (nSPS) is 17.0. The zero-order valence-corrected chi connectivity index (χ0v) is 20.9. The number of halogens is 2. The van der Waals surface area contributed by atoms with Gasteiger partial charge in [0.1, 0.15) is 11.9 Å². The minimum atomic E-state index is -1.38. The Kier molecular flexibility index (Phi) is 8.06.